The van der Waals surface area contributed by atoms with E-state index < -0.39 is 0 Å². The number of rotatable bonds is 6. The predicted octanol–water partition coefficient (Wildman–Crippen LogP) is 3.16. The third kappa shape index (κ3) is 3.74. The van der Waals surface area contributed by atoms with Crippen LogP contribution in [-0.4, -0.2) is 31.3 Å². The molecule has 0 bridgehead atoms. The van der Waals surface area contributed by atoms with Crippen molar-refractivity contribution in [2.75, 3.05) is 25.2 Å². The van der Waals surface area contributed by atoms with Gasteiger partial charge in [-0.1, -0.05) is 6.92 Å². The lowest BCUT2D eigenvalue weighted by atomic mass is 10.2. The molecule has 0 aliphatic rings. The number of thiazole rings is 1. The van der Waals surface area contributed by atoms with E-state index in [1.807, 2.05) is 5.38 Å². The molecule has 0 aliphatic carbocycles. The molecule has 86 valence electrons. The van der Waals surface area contributed by atoms with Gasteiger partial charge in [0.2, 0.25) is 0 Å². The van der Waals surface area contributed by atoms with E-state index in [-0.39, 0.29) is 0 Å². The van der Waals surface area contributed by atoms with Crippen molar-refractivity contribution in [2.45, 2.75) is 26.3 Å². The van der Waals surface area contributed by atoms with E-state index in [0.29, 0.717) is 6.04 Å². The van der Waals surface area contributed by atoms with Crippen LogP contribution >= 0.6 is 27.3 Å². The maximum absolute atomic E-state index is 5.12. The smallest absolute Gasteiger partial charge is 0.186 e. The molecule has 1 aromatic rings. The Labute approximate surface area is 104 Å². The fraction of sp³-hybridized carbons (Fsp3) is 0.700. The van der Waals surface area contributed by atoms with Crippen LogP contribution in [0.2, 0.25) is 0 Å². The Hall–Kier alpha value is -0.130. The van der Waals surface area contributed by atoms with E-state index >= 15 is 0 Å². The van der Waals surface area contributed by atoms with Crippen LogP contribution in [0.5, 0.6) is 0 Å². The van der Waals surface area contributed by atoms with Gasteiger partial charge in [0.15, 0.2) is 5.13 Å². The summed E-state index contributed by atoms with van der Waals surface area (Å²) in [4.78, 5) is 6.73. The number of nitrogens with zero attached hydrogens (tertiary/aromatic N) is 2. The molecule has 0 aromatic carbocycles. The van der Waals surface area contributed by atoms with Gasteiger partial charge in [-0.15, -0.1) is 11.3 Å². The van der Waals surface area contributed by atoms with Gasteiger partial charge in [0.05, 0.1) is 6.61 Å². The van der Waals surface area contributed by atoms with Crippen LogP contribution in [0.3, 0.4) is 0 Å². The molecule has 0 aliphatic heterocycles. The topological polar surface area (TPSA) is 25.4 Å². The lowest BCUT2D eigenvalue weighted by Gasteiger charge is -2.27. The van der Waals surface area contributed by atoms with Gasteiger partial charge < -0.3 is 9.64 Å². The minimum atomic E-state index is 0.498. The van der Waals surface area contributed by atoms with Gasteiger partial charge in [-0.2, -0.15) is 0 Å². The Morgan fingerprint density at radius 2 is 2.40 bits per heavy atom. The SMILES string of the molecule is CCC(C)N(CCOC)c1nc(Br)cs1. The molecule has 0 N–H and O–H groups in total. The third-order valence-corrected chi connectivity index (χ3v) is 3.96. The Morgan fingerprint density at radius 3 is 2.87 bits per heavy atom. The van der Waals surface area contributed by atoms with E-state index in [1.54, 1.807) is 18.4 Å². The second-order valence-electron chi connectivity index (χ2n) is 3.40. The fourth-order valence-corrected chi connectivity index (χ4v) is 2.67. The fourth-order valence-electron chi connectivity index (χ4n) is 1.29. The predicted molar refractivity (Wildman–Crippen MR) is 68.8 cm³/mol. The summed E-state index contributed by atoms with van der Waals surface area (Å²) in [6.45, 7) is 6.03. The summed E-state index contributed by atoms with van der Waals surface area (Å²) in [7, 11) is 1.73. The monoisotopic (exact) mass is 292 g/mol. The van der Waals surface area contributed by atoms with Crippen LogP contribution in [0.25, 0.3) is 0 Å². The van der Waals surface area contributed by atoms with Gasteiger partial charge in [0, 0.05) is 25.1 Å². The maximum atomic E-state index is 5.12. The quantitative estimate of drug-likeness (QED) is 0.805. The van der Waals surface area contributed by atoms with Crippen LogP contribution in [0.4, 0.5) is 5.13 Å². The molecule has 0 amide bonds. The van der Waals surface area contributed by atoms with E-state index in [2.05, 4.69) is 39.7 Å². The van der Waals surface area contributed by atoms with Crippen molar-refractivity contribution in [1.82, 2.24) is 4.98 Å². The second kappa shape index (κ2) is 6.45. The molecule has 15 heavy (non-hydrogen) atoms. The number of hydrogen-bond acceptors (Lipinski definition) is 4. The first-order valence-electron chi connectivity index (χ1n) is 5.05. The highest BCUT2D eigenvalue weighted by Gasteiger charge is 2.15. The normalized spacial score (nSPS) is 12.8. The highest BCUT2D eigenvalue weighted by atomic mass is 79.9. The molecule has 3 nitrogen and oxygen atoms in total. The van der Waals surface area contributed by atoms with E-state index in [9.17, 15) is 0 Å². The van der Waals surface area contributed by atoms with Crippen LogP contribution in [0.1, 0.15) is 20.3 Å². The molecule has 1 aromatic heterocycles. The zero-order valence-electron chi connectivity index (χ0n) is 9.36. The minimum Gasteiger partial charge on any atom is -0.383 e. The zero-order chi connectivity index (χ0) is 11.3. The summed E-state index contributed by atoms with van der Waals surface area (Å²) in [5.74, 6) is 0. The number of aromatic nitrogens is 1. The first-order chi connectivity index (χ1) is 7.19. The lowest BCUT2D eigenvalue weighted by molar-refractivity contribution is 0.203. The molecular weight excluding hydrogens is 276 g/mol. The molecule has 0 saturated heterocycles. The summed E-state index contributed by atoms with van der Waals surface area (Å²) in [6.07, 6.45) is 1.11. The van der Waals surface area contributed by atoms with Gasteiger partial charge in [-0.25, -0.2) is 4.98 Å². The number of anilines is 1. The second-order valence-corrected chi connectivity index (χ2v) is 5.05. The Kier molecular flexibility index (Phi) is 5.56. The maximum Gasteiger partial charge on any atom is 0.186 e. The number of methoxy groups -OCH3 is 1. The molecule has 0 radical (unpaired) electrons. The lowest BCUT2D eigenvalue weighted by Crippen LogP contribution is -2.35. The standard InChI is InChI=1S/C10H17BrN2OS/c1-4-8(2)13(5-6-14-3)10-12-9(11)7-15-10/h7-8H,4-6H2,1-3H3. The zero-order valence-corrected chi connectivity index (χ0v) is 11.8. The molecule has 1 heterocycles. The van der Waals surface area contributed by atoms with E-state index in [0.717, 1.165) is 29.3 Å². The van der Waals surface area contributed by atoms with Gasteiger partial charge in [0.1, 0.15) is 4.60 Å². The Balaban J connectivity index is 2.71. The molecule has 0 saturated carbocycles. The third-order valence-electron chi connectivity index (χ3n) is 2.37. The average molecular weight is 293 g/mol. The van der Waals surface area contributed by atoms with Gasteiger partial charge in [-0.05, 0) is 29.3 Å². The minimum absolute atomic E-state index is 0.498. The first kappa shape index (κ1) is 12.9. The van der Waals surface area contributed by atoms with Crippen molar-refractivity contribution < 1.29 is 4.74 Å². The molecular formula is C10H17BrN2OS. The van der Waals surface area contributed by atoms with Gasteiger partial charge in [-0.3, -0.25) is 0 Å². The van der Waals surface area contributed by atoms with Crippen molar-refractivity contribution in [3.05, 3.63) is 9.98 Å². The summed E-state index contributed by atoms with van der Waals surface area (Å²) in [6, 6.07) is 0.498. The molecule has 0 spiro atoms. The number of halogens is 1. The molecule has 0 fully saturated rings. The highest BCUT2D eigenvalue weighted by molar-refractivity contribution is 9.10. The van der Waals surface area contributed by atoms with Crippen molar-refractivity contribution in [1.29, 1.82) is 0 Å². The molecule has 1 rings (SSSR count). The first-order valence-corrected chi connectivity index (χ1v) is 6.73. The summed E-state index contributed by atoms with van der Waals surface area (Å²) in [5, 5.41) is 3.07. The van der Waals surface area contributed by atoms with Gasteiger partial charge in [0.25, 0.3) is 0 Å². The molecule has 5 heteroatoms. The summed E-state index contributed by atoms with van der Waals surface area (Å²) >= 11 is 5.05. The van der Waals surface area contributed by atoms with Gasteiger partial charge >= 0.3 is 0 Å². The van der Waals surface area contributed by atoms with Crippen LogP contribution in [0, 0.1) is 0 Å². The highest BCUT2D eigenvalue weighted by Crippen LogP contribution is 2.25. The number of ether oxygens (including phenoxy) is 1. The van der Waals surface area contributed by atoms with E-state index in [4.69, 9.17) is 4.74 Å². The van der Waals surface area contributed by atoms with Crippen molar-refractivity contribution in [3.8, 4) is 0 Å². The van der Waals surface area contributed by atoms with Crippen molar-refractivity contribution >= 4 is 32.4 Å². The molecule has 1 unspecified atom stereocenters. The van der Waals surface area contributed by atoms with Crippen LogP contribution in [-0.2, 0) is 4.74 Å². The average Bonchev–Trinajstić information content (AvgIpc) is 2.65. The largest absolute Gasteiger partial charge is 0.383 e. The Bertz CT molecular complexity index is 293. The van der Waals surface area contributed by atoms with E-state index in [1.165, 1.54) is 0 Å². The van der Waals surface area contributed by atoms with Crippen LogP contribution < -0.4 is 4.90 Å². The Morgan fingerprint density at radius 1 is 1.67 bits per heavy atom. The number of hydrogen-bond donors (Lipinski definition) is 0. The molecule has 1 atom stereocenters. The summed E-state index contributed by atoms with van der Waals surface area (Å²) in [5.41, 5.74) is 0. The van der Waals surface area contributed by atoms with Crippen LogP contribution in [0.15, 0.2) is 9.98 Å². The van der Waals surface area contributed by atoms with Crippen molar-refractivity contribution in [3.63, 3.8) is 0 Å². The van der Waals surface area contributed by atoms with Crippen molar-refractivity contribution in [2.24, 2.45) is 0 Å². The summed E-state index contributed by atoms with van der Waals surface area (Å²) < 4.78 is 6.03.